The molecule has 92 valence electrons. The third-order valence-electron chi connectivity index (χ3n) is 2.13. The summed E-state index contributed by atoms with van der Waals surface area (Å²) in [5.41, 5.74) is 1.02. The summed E-state index contributed by atoms with van der Waals surface area (Å²) in [5.74, 6) is -0.0894. The van der Waals surface area contributed by atoms with Crippen LogP contribution in [0, 0.1) is 6.92 Å². The number of hydrogen-bond donors (Lipinski definition) is 1. The van der Waals surface area contributed by atoms with Gasteiger partial charge < -0.3 is 10.1 Å². The first-order valence-electron chi connectivity index (χ1n) is 5.66. The number of nitrogens with one attached hydrogen (secondary N) is 1. The second-order valence-electron chi connectivity index (χ2n) is 3.82. The van der Waals surface area contributed by atoms with Crippen molar-refractivity contribution >= 4 is 11.9 Å². The Labute approximate surface area is 101 Å². The number of hydrogen-bond acceptors (Lipinski definition) is 3. The van der Waals surface area contributed by atoms with Gasteiger partial charge in [-0.3, -0.25) is 4.79 Å². The minimum Gasteiger partial charge on any atom is -0.425 e. The highest BCUT2D eigenvalue weighted by Gasteiger charge is 2.06. The molecule has 0 saturated carbocycles. The summed E-state index contributed by atoms with van der Waals surface area (Å²) in [5, 5.41) is 2.50. The average molecular weight is 235 g/mol. The van der Waals surface area contributed by atoms with E-state index < -0.39 is 5.97 Å². The van der Waals surface area contributed by atoms with Crippen molar-refractivity contribution in [3.05, 3.63) is 29.8 Å². The number of carbonyl (C=O) groups excluding carboxylic acids is 2. The smallest absolute Gasteiger partial charge is 0.330 e. The van der Waals surface area contributed by atoms with E-state index in [4.69, 9.17) is 4.74 Å². The molecule has 0 fully saturated rings. The van der Waals surface area contributed by atoms with Gasteiger partial charge in [-0.2, -0.15) is 0 Å². The monoisotopic (exact) mass is 235 g/mol. The van der Waals surface area contributed by atoms with E-state index >= 15 is 0 Å². The predicted octanol–water partition coefficient (Wildman–Crippen LogP) is 1.82. The Hall–Kier alpha value is -1.84. The van der Waals surface area contributed by atoms with Crippen molar-refractivity contribution in [2.75, 3.05) is 6.54 Å². The number of carbonyl (C=O) groups is 2. The highest BCUT2D eigenvalue weighted by Crippen LogP contribution is 2.12. The van der Waals surface area contributed by atoms with Crippen LogP contribution in [-0.4, -0.2) is 18.4 Å². The Morgan fingerprint density at radius 1 is 1.35 bits per heavy atom. The Bertz CT molecular complexity index is 401. The predicted molar refractivity (Wildman–Crippen MR) is 64.7 cm³/mol. The lowest BCUT2D eigenvalue weighted by atomic mass is 10.2. The quantitative estimate of drug-likeness (QED) is 0.625. The fourth-order valence-corrected chi connectivity index (χ4v) is 1.33. The lowest BCUT2D eigenvalue weighted by molar-refractivity contribution is -0.135. The molecule has 1 aromatic rings. The summed E-state index contributed by atoms with van der Waals surface area (Å²) in [7, 11) is 0. The summed E-state index contributed by atoms with van der Waals surface area (Å²) in [6.07, 6.45) is 1.19. The average Bonchev–Trinajstić information content (AvgIpc) is 2.27. The Morgan fingerprint density at radius 2 is 2.12 bits per heavy atom. The zero-order valence-corrected chi connectivity index (χ0v) is 10.2. The first-order valence-corrected chi connectivity index (χ1v) is 5.66. The van der Waals surface area contributed by atoms with Crippen LogP contribution in [0.3, 0.4) is 0 Å². The van der Waals surface area contributed by atoms with Crippen LogP contribution >= 0.6 is 0 Å². The molecule has 4 nitrogen and oxygen atoms in total. The molecule has 0 radical (unpaired) electrons. The first-order chi connectivity index (χ1) is 8.11. The maximum Gasteiger partial charge on any atom is 0.330 e. The largest absolute Gasteiger partial charge is 0.425 e. The molecule has 1 aromatic carbocycles. The minimum absolute atomic E-state index is 0.0905. The number of amides is 1. The molecule has 0 aliphatic carbocycles. The molecule has 1 rings (SSSR count). The normalized spacial score (nSPS) is 9.76. The standard InChI is InChI=1S/C13H17NO3/c1-3-5-12(15)14-9-13(16)17-11-7-4-6-10(2)8-11/h4,6-8H,3,5,9H2,1-2H3,(H,14,15). The first kappa shape index (κ1) is 13.2. The molecule has 4 heteroatoms. The van der Waals surface area contributed by atoms with Gasteiger partial charge in [-0.1, -0.05) is 19.1 Å². The van der Waals surface area contributed by atoms with Crippen LogP contribution < -0.4 is 10.1 Å². The molecule has 0 saturated heterocycles. The SMILES string of the molecule is CCCC(=O)NCC(=O)Oc1cccc(C)c1. The van der Waals surface area contributed by atoms with Crippen LogP contribution in [0.15, 0.2) is 24.3 Å². The Morgan fingerprint density at radius 3 is 2.76 bits per heavy atom. The van der Waals surface area contributed by atoms with Crippen molar-refractivity contribution < 1.29 is 14.3 Å². The summed E-state index contributed by atoms with van der Waals surface area (Å²) >= 11 is 0. The topological polar surface area (TPSA) is 55.4 Å². The number of aryl methyl sites for hydroxylation is 1. The third-order valence-corrected chi connectivity index (χ3v) is 2.13. The third kappa shape index (κ3) is 5.15. The van der Waals surface area contributed by atoms with E-state index in [9.17, 15) is 9.59 Å². The van der Waals surface area contributed by atoms with Gasteiger partial charge in [0.15, 0.2) is 0 Å². The maximum absolute atomic E-state index is 11.4. The zero-order valence-electron chi connectivity index (χ0n) is 10.2. The van der Waals surface area contributed by atoms with Gasteiger partial charge in [0.2, 0.25) is 5.91 Å². The number of benzene rings is 1. The minimum atomic E-state index is -0.458. The molecule has 0 bridgehead atoms. The second-order valence-corrected chi connectivity index (χ2v) is 3.82. The van der Waals surface area contributed by atoms with Crippen LogP contribution in [0.5, 0.6) is 5.75 Å². The van der Waals surface area contributed by atoms with Crippen molar-refractivity contribution in [1.29, 1.82) is 0 Å². The number of rotatable bonds is 5. The molecule has 0 heterocycles. The van der Waals surface area contributed by atoms with Crippen molar-refractivity contribution in [1.82, 2.24) is 5.32 Å². The van der Waals surface area contributed by atoms with Crippen molar-refractivity contribution in [3.63, 3.8) is 0 Å². The van der Waals surface area contributed by atoms with Gasteiger partial charge >= 0.3 is 5.97 Å². The van der Waals surface area contributed by atoms with Crippen LogP contribution in [0.4, 0.5) is 0 Å². The van der Waals surface area contributed by atoms with E-state index in [1.54, 1.807) is 12.1 Å². The molecule has 0 aromatic heterocycles. The van der Waals surface area contributed by atoms with E-state index in [2.05, 4.69) is 5.32 Å². The Kier molecular flexibility index (Phi) is 5.20. The van der Waals surface area contributed by atoms with E-state index in [0.717, 1.165) is 12.0 Å². The molecule has 0 aliphatic heterocycles. The van der Waals surface area contributed by atoms with Crippen LogP contribution in [0.2, 0.25) is 0 Å². The number of ether oxygens (including phenoxy) is 1. The lowest BCUT2D eigenvalue weighted by Gasteiger charge is -2.06. The van der Waals surface area contributed by atoms with Crippen LogP contribution in [0.1, 0.15) is 25.3 Å². The van der Waals surface area contributed by atoms with Gasteiger partial charge in [0.25, 0.3) is 0 Å². The van der Waals surface area contributed by atoms with Crippen molar-refractivity contribution in [3.8, 4) is 5.75 Å². The Balaban J connectivity index is 2.37. The highest BCUT2D eigenvalue weighted by atomic mass is 16.5. The van der Waals surface area contributed by atoms with E-state index in [1.165, 1.54) is 0 Å². The lowest BCUT2D eigenvalue weighted by Crippen LogP contribution is -2.31. The van der Waals surface area contributed by atoms with Gasteiger partial charge in [-0.05, 0) is 31.0 Å². The van der Waals surface area contributed by atoms with Crippen molar-refractivity contribution in [2.24, 2.45) is 0 Å². The van der Waals surface area contributed by atoms with Gasteiger partial charge in [-0.25, -0.2) is 4.79 Å². The van der Waals surface area contributed by atoms with Crippen molar-refractivity contribution in [2.45, 2.75) is 26.7 Å². The van der Waals surface area contributed by atoms with Crippen LogP contribution in [0.25, 0.3) is 0 Å². The maximum atomic E-state index is 11.4. The fraction of sp³-hybridized carbons (Fsp3) is 0.385. The molecule has 0 spiro atoms. The summed E-state index contributed by atoms with van der Waals surface area (Å²) in [6.45, 7) is 3.73. The van der Waals surface area contributed by atoms with Gasteiger partial charge in [0, 0.05) is 6.42 Å². The zero-order chi connectivity index (χ0) is 12.7. The summed E-state index contributed by atoms with van der Waals surface area (Å²) in [4.78, 5) is 22.5. The summed E-state index contributed by atoms with van der Waals surface area (Å²) in [6, 6.07) is 7.21. The van der Waals surface area contributed by atoms with E-state index in [0.29, 0.717) is 12.2 Å². The van der Waals surface area contributed by atoms with E-state index in [-0.39, 0.29) is 12.5 Å². The molecular weight excluding hydrogens is 218 g/mol. The molecule has 0 atom stereocenters. The second kappa shape index (κ2) is 6.68. The molecular formula is C13H17NO3. The molecule has 0 unspecified atom stereocenters. The summed E-state index contributed by atoms with van der Waals surface area (Å²) < 4.78 is 5.07. The molecule has 1 N–H and O–H groups in total. The molecule has 17 heavy (non-hydrogen) atoms. The van der Waals surface area contributed by atoms with Gasteiger partial charge in [0.1, 0.15) is 12.3 Å². The number of esters is 1. The van der Waals surface area contributed by atoms with E-state index in [1.807, 2.05) is 26.0 Å². The van der Waals surface area contributed by atoms with Gasteiger partial charge in [0.05, 0.1) is 0 Å². The molecule has 0 aliphatic rings. The van der Waals surface area contributed by atoms with Crippen LogP contribution in [-0.2, 0) is 9.59 Å². The highest BCUT2D eigenvalue weighted by molar-refractivity contribution is 5.82. The molecule has 1 amide bonds. The van der Waals surface area contributed by atoms with Gasteiger partial charge in [-0.15, -0.1) is 0 Å². The fourth-order valence-electron chi connectivity index (χ4n) is 1.33.